The molecule has 0 spiro atoms. The lowest BCUT2D eigenvalue weighted by atomic mass is 9.87. The lowest BCUT2D eigenvalue weighted by molar-refractivity contribution is -0.129. The topological polar surface area (TPSA) is 55.8 Å². The molecule has 5 nitrogen and oxygen atoms in total. The second kappa shape index (κ2) is 11.4. The highest BCUT2D eigenvalue weighted by atomic mass is 79.9. The van der Waals surface area contributed by atoms with Crippen molar-refractivity contribution in [1.82, 2.24) is 4.90 Å². The van der Waals surface area contributed by atoms with Crippen LogP contribution < -0.4 is 4.74 Å². The van der Waals surface area contributed by atoms with Gasteiger partial charge < -0.3 is 9.47 Å². The molecule has 1 heterocycles. The van der Waals surface area contributed by atoms with E-state index in [9.17, 15) is 9.59 Å². The largest absolute Gasteiger partial charge is 0.489 e. The standard InChI is InChI=1S/C31H26BrNO4/c32-25-16-17-29(36-20-22-10-4-1-5-11-22)27(18-25)26(23-12-6-2-7-13-23)19-30(34)33-28(21-37-31(33)35)24-14-8-3-9-15-24/h1-18,26,28H,19-21H2/t26-,28-/m0/s1. The Morgan fingerprint density at radius 1 is 0.919 bits per heavy atom. The highest BCUT2D eigenvalue weighted by Gasteiger charge is 2.40. The van der Waals surface area contributed by atoms with Gasteiger partial charge in [-0.05, 0) is 34.9 Å². The molecule has 1 aliphatic heterocycles. The van der Waals surface area contributed by atoms with Crippen molar-refractivity contribution in [1.29, 1.82) is 0 Å². The fraction of sp³-hybridized carbons (Fsp3) is 0.161. The lowest BCUT2D eigenvalue weighted by Gasteiger charge is -2.25. The van der Waals surface area contributed by atoms with E-state index in [-0.39, 0.29) is 24.9 Å². The number of hydrogen-bond acceptors (Lipinski definition) is 4. The monoisotopic (exact) mass is 555 g/mol. The van der Waals surface area contributed by atoms with Crippen LogP contribution in [-0.2, 0) is 16.1 Å². The van der Waals surface area contributed by atoms with Gasteiger partial charge in [0.1, 0.15) is 25.0 Å². The van der Waals surface area contributed by atoms with E-state index in [1.54, 1.807) is 0 Å². The molecule has 1 aliphatic rings. The summed E-state index contributed by atoms with van der Waals surface area (Å²) in [6, 6.07) is 34.7. The fourth-order valence-corrected chi connectivity index (χ4v) is 5.02. The first kappa shape index (κ1) is 24.8. The summed E-state index contributed by atoms with van der Waals surface area (Å²) in [4.78, 5) is 27.7. The zero-order valence-corrected chi connectivity index (χ0v) is 21.7. The van der Waals surface area contributed by atoms with Crippen LogP contribution in [0.4, 0.5) is 4.79 Å². The minimum absolute atomic E-state index is 0.0839. The quantitative estimate of drug-likeness (QED) is 0.229. The van der Waals surface area contributed by atoms with E-state index in [1.165, 1.54) is 4.90 Å². The van der Waals surface area contributed by atoms with Crippen molar-refractivity contribution in [2.45, 2.75) is 25.0 Å². The molecule has 0 aromatic heterocycles. The molecule has 6 heteroatoms. The van der Waals surface area contributed by atoms with E-state index in [1.807, 2.05) is 109 Å². The molecule has 186 valence electrons. The Kier molecular flexibility index (Phi) is 7.66. The van der Waals surface area contributed by atoms with Gasteiger partial charge in [-0.2, -0.15) is 0 Å². The summed E-state index contributed by atoms with van der Waals surface area (Å²) in [5, 5.41) is 0. The van der Waals surface area contributed by atoms with E-state index in [0.29, 0.717) is 12.4 Å². The first-order valence-electron chi connectivity index (χ1n) is 12.1. The van der Waals surface area contributed by atoms with Crippen LogP contribution in [0.25, 0.3) is 0 Å². The number of carbonyl (C=O) groups excluding carboxylic acids is 2. The van der Waals surface area contributed by atoms with E-state index in [0.717, 1.165) is 26.7 Å². The summed E-state index contributed by atoms with van der Waals surface area (Å²) in [5.74, 6) is 0.0679. The summed E-state index contributed by atoms with van der Waals surface area (Å²) in [7, 11) is 0. The van der Waals surface area contributed by atoms with Crippen LogP contribution in [0.15, 0.2) is 114 Å². The molecule has 5 rings (SSSR count). The van der Waals surface area contributed by atoms with Crippen molar-refractivity contribution in [2.24, 2.45) is 0 Å². The van der Waals surface area contributed by atoms with Crippen LogP contribution in [0.5, 0.6) is 5.75 Å². The van der Waals surface area contributed by atoms with Crippen molar-refractivity contribution in [2.75, 3.05) is 6.61 Å². The summed E-state index contributed by atoms with van der Waals surface area (Å²) >= 11 is 3.59. The molecular formula is C31H26BrNO4. The van der Waals surface area contributed by atoms with Crippen LogP contribution in [0, 0.1) is 0 Å². The first-order valence-corrected chi connectivity index (χ1v) is 12.9. The summed E-state index contributed by atoms with van der Waals surface area (Å²) in [5.41, 5.74) is 3.75. The normalized spacial score (nSPS) is 15.8. The Labute approximate surface area is 224 Å². The zero-order valence-electron chi connectivity index (χ0n) is 20.1. The highest BCUT2D eigenvalue weighted by molar-refractivity contribution is 9.10. The predicted octanol–water partition coefficient (Wildman–Crippen LogP) is 7.27. The number of ether oxygens (including phenoxy) is 2. The molecular weight excluding hydrogens is 530 g/mol. The predicted molar refractivity (Wildman–Crippen MR) is 145 cm³/mol. The average Bonchev–Trinajstić information content (AvgIpc) is 3.34. The highest BCUT2D eigenvalue weighted by Crippen LogP contribution is 2.38. The number of halogens is 1. The van der Waals surface area contributed by atoms with Gasteiger partial charge in [0.05, 0.1) is 0 Å². The Morgan fingerprint density at radius 2 is 1.57 bits per heavy atom. The zero-order chi connectivity index (χ0) is 25.6. The Bertz CT molecular complexity index is 1360. The van der Waals surface area contributed by atoms with Crippen molar-refractivity contribution in [3.8, 4) is 5.75 Å². The van der Waals surface area contributed by atoms with Gasteiger partial charge >= 0.3 is 6.09 Å². The Hall–Kier alpha value is -3.90. The minimum Gasteiger partial charge on any atom is -0.489 e. The number of benzene rings is 4. The number of amides is 2. The van der Waals surface area contributed by atoms with E-state index in [2.05, 4.69) is 15.9 Å². The molecule has 37 heavy (non-hydrogen) atoms. The van der Waals surface area contributed by atoms with Crippen molar-refractivity contribution in [3.05, 3.63) is 136 Å². The molecule has 2 atom stereocenters. The summed E-state index contributed by atoms with van der Waals surface area (Å²) in [6.45, 7) is 0.548. The molecule has 1 fully saturated rings. The van der Waals surface area contributed by atoms with Gasteiger partial charge in [-0.3, -0.25) is 4.79 Å². The molecule has 0 aliphatic carbocycles. The molecule has 0 radical (unpaired) electrons. The lowest BCUT2D eigenvalue weighted by Crippen LogP contribution is -2.35. The Morgan fingerprint density at radius 3 is 2.27 bits per heavy atom. The van der Waals surface area contributed by atoms with E-state index < -0.39 is 12.1 Å². The van der Waals surface area contributed by atoms with Crippen molar-refractivity contribution in [3.63, 3.8) is 0 Å². The van der Waals surface area contributed by atoms with Crippen LogP contribution in [0.3, 0.4) is 0 Å². The number of hydrogen-bond donors (Lipinski definition) is 0. The van der Waals surface area contributed by atoms with Gasteiger partial charge in [0.15, 0.2) is 0 Å². The van der Waals surface area contributed by atoms with Gasteiger partial charge in [0.25, 0.3) is 0 Å². The van der Waals surface area contributed by atoms with Crippen LogP contribution in [-0.4, -0.2) is 23.5 Å². The molecule has 2 amide bonds. The number of cyclic esters (lactones) is 1. The van der Waals surface area contributed by atoms with Crippen LogP contribution >= 0.6 is 15.9 Å². The van der Waals surface area contributed by atoms with Crippen LogP contribution in [0.2, 0.25) is 0 Å². The minimum atomic E-state index is -0.611. The third-order valence-electron chi connectivity index (χ3n) is 6.49. The van der Waals surface area contributed by atoms with Gasteiger partial charge in [-0.15, -0.1) is 0 Å². The van der Waals surface area contributed by atoms with Crippen molar-refractivity contribution < 1.29 is 19.1 Å². The van der Waals surface area contributed by atoms with Gasteiger partial charge in [0.2, 0.25) is 5.91 Å². The molecule has 4 aromatic carbocycles. The van der Waals surface area contributed by atoms with E-state index in [4.69, 9.17) is 9.47 Å². The molecule has 4 aromatic rings. The molecule has 0 unspecified atom stereocenters. The average molecular weight is 556 g/mol. The molecule has 1 saturated heterocycles. The van der Waals surface area contributed by atoms with Gasteiger partial charge in [-0.1, -0.05) is 107 Å². The first-order chi connectivity index (χ1) is 18.1. The second-order valence-corrected chi connectivity index (χ2v) is 9.81. The Balaban J connectivity index is 1.47. The third-order valence-corrected chi connectivity index (χ3v) is 6.98. The third kappa shape index (κ3) is 5.75. The van der Waals surface area contributed by atoms with Crippen LogP contribution in [0.1, 0.15) is 40.6 Å². The maximum absolute atomic E-state index is 13.7. The molecule has 0 bridgehead atoms. The number of rotatable bonds is 8. The second-order valence-electron chi connectivity index (χ2n) is 8.89. The molecule has 0 saturated carbocycles. The smallest absolute Gasteiger partial charge is 0.417 e. The van der Waals surface area contributed by atoms with Crippen molar-refractivity contribution >= 4 is 27.9 Å². The summed E-state index contributed by atoms with van der Waals surface area (Å²) in [6.07, 6.45) is -0.527. The fourth-order valence-electron chi connectivity index (χ4n) is 4.64. The summed E-state index contributed by atoms with van der Waals surface area (Å²) < 4.78 is 12.5. The van der Waals surface area contributed by atoms with Gasteiger partial charge in [0, 0.05) is 22.4 Å². The maximum atomic E-state index is 13.7. The van der Waals surface area contributed by atoms with Gasteiger partial charge in [-0.25, -0.2) is 9.69 Å². The number of nitrogens with zero attached hydrogens (tertiary/aromatic N) is 1. The van der Waals surface area contributed by atoms with E-state index >= 15 is 0 Å². The maximum Gasteiger partial charge on any atom is 0.417 e. The SMILES string of the molecule is O=C(C[C@@H](c1ccccc1)c1cc(Br)ccc1OCc1ccccc1)N1C(=O)OC[C@H]1c1ccccc1. The molecule has 0 N–H and O–H groups in total. The number of imide groups is 1. The number of carbonyl (C=O) groups is 2.